The largest absolute Gasteiger partial charge is 0.459 e. The van der Waals surface area contributed by atoms with Gasteiger partial charge in [-0.05, 0) is 41.6 Å². The molecule has 4 N–H and O–H groups in total. The van der Waals surface area contributed by atoms with Crippen LogP contribution in [0.4, 0.5) is 4.79 Å². The zero-order valence-corrected chi connectivity index (χ0v) is 29.8. The van der Waals surface area contributed by atoms with Crippen molar-refractivity contribution in [1.29, 1.82) is 0 Å². The number of hydrogen-bond acceptors (Lipinski definition) is 7. The molecule has 1 aliphatic rings. The van der Waals surface area contributed by atoms with E-state index in [1.54, 1.807) is 34.6 Å². The maximum Gasteiger partial charge on any atom is 0.329 e. The van der Waals surface area contributed by atoms with Gasteiger partial charge in [0.25, 0.3) is 5.91 Å². The molecule has 1 saturated heterocycles. The summed E-state index contributed by atoms with van der Waals surface area (Å²) in [6.45, 7) is 18.8. The van der Waals surface area contributed by atoms with Crippen molar-refractivity contribution in [3.05, 3.63) is 48.6 Å². The van der Waals surface area contributed by atoms with Gasteiger partial charge in [0, 0.05) is 13.1 Å². The first-order valence-corrected chi connectivity index (χ1v) is 16.8. The highest BCUT2D eigenvalue weighted by Crippen LogP contribution is 2.32. The Morgan fingerprint density at radius 2 is 1.65 bits per heavy atom. The second kappa shape index (κ2) is 18.4. The Bertz CT molecular complexity index is 1290. The zero-order chi connectivity index (χ0) is 36.2. The van der Waals surface area contributed by atoms with Crippen molar-refractivity contribution < 1.29 is 33.5 Å². The van der Waals surface area contributed by atoms with Crippen molar-refractivity contribution in [1.82, 2.24) is 26.2 Å². The van der Waals surface area contributed by atoms with Crippen LogP contribution in [-0.4, -0.2) is 77.7 Å². The van der Waals surface area contributed by atoms with Gasteiger partial charge in [-0.3, -0.25) is 19.2 Å². The Balaban J connectivity index is 2.26. The van der Waals surface area contributed by atoms with Crippen molar-refractivity contribution in [2.24, 2.45) is 23.2 Å². The number of urea groups is 1. The second-order valence-electron chi connectivity index (χ2n) is 14.2. The number of nitrogens with one attached hydrogen (secondary N) is 4. The lowest BCUT2D eigenvalue weighted by atomic mass is 9.85. The molecule has 0 radical (unpaired) electrons. The first-order chi connectivity index (χ1) is 22.5. The minimum atomic E-state index is -1.07. The monoisotopic (exact) mass is 669 g/mol. The molecule has 2 rings (SSSR count). The normalized spacial score (nSPS) is 18.0. The molecule has 4 unspecified atom stereocenters. The highest BCUT2D eigenvalue weighted by Gasteiger charge is 2.46. The number of ether oxygens (including phenoxy) is 1. The molecular formula is C36H55N5O7. The number of rotatable bonds is 16. The molecule has 1 fully saturated rings. The molecule has 266 valence electrons. The number of amides is 5. The van der Waals surface area contributed by atoms with Crippen LogP contribution in [0.3, 0.4) is 0 Å². The van der Waals surface area contributed by atoms with Crippen molar-refractivity contribution in [2.75, 3.05) is 13.1 Å². The number of nitrogens with zero attached hydrogens (tertiary/aromatic N) is 1. The number of ketones is 1. The van der Waals surface area contributed by atoms with Crippen LogP contribution in [0.2, 0.25) is 0 Å². The van der Waals surface area contributed by atoms with Crippen LogP contribution >= 0.6 is 0 Å². The number of Topliss-reactive ketones (excluding diaryl/α,β-unsaturated/α-hetero) is 1. The van der Waals surface area contributed by atoms with Crippen LogP contribution in [0.5, 0.6) is 0 Å². The quantitative estimate of drug-likeness (QED) is 0.119. The van der Waals surface area contributed by atoms with Crippen molar-refractivity contribution >= 4 is 35.5 Å². The molecule has 12 nitrogen and oxygen atoms in total. The van der Waals surface area contributed by atoms with Crippen molar-refractivity contribution in [3.8, 4) is 0 Å². The summed E-state index contributed by atoms with van der Waals surface area (Å²) >= 11 is 0. The van der Waals surface area contributed by atoms with Crippen molar-refractivity contribution in [2.45, 2.75) is 105 Å². The highest BCUT2D eigenvalue weighted by atomic mass is 16.5. The standard InChI is InChI=1S/C36H55N5O7/c1-10-15-26(29(42)32(44)37-18-11-2)38-31(43)27-19-25(22(3)4)20-41(27)33(45)30(36(7,8)9)40-35(47)39-28(23(5)6)34(46)48-21-24-16-13-12-14-17-24/h11-14,16-17,22-23,25-28,30H,2,10,15,18-21H2,1,3-9H3,(H,37,44)(H,38,43)(H2,39,40,47)/t25?,26?,27-,28?,30?/m0/s1. The number of carbonyl (C=O) groups is 6. The van der Waals surface area contributed by atoms with Crippen LogP contribution in [0.1, 0.15) is 80.2 Å². The van der Waals surface area contributed by atoms with E-state index in [-0.39, 0.29) is 43.9 Å². The second-order valence-corrected chi connectivity index (χ2v) is 14.2. The predicted molar refractivity (Wildman–Crippen MR) is 183 cm³/mol. The van der Waals surface area contributed by atoms with E-state index in [0.717, 1.165) is 5.56 Å². The number of hydrogen-bond donors (Lipinski definition) is 4. The van der Waals surface area contributed by atoms with E-state index in [9.17, 15) is 28.8 Å². The molecule has 48 heavy (non-hydrogen) atoms. The van der Waals surface area contributed by atoms with Gasteiger partial charge in [0.05, 0.1) is 6.04 Å². The third-order valence-corrected chi connectivity index (χ3v) is 8.52. The third kappa shape index (κ3) is 11.5. The van der Waals surface area contributed by atoms with Gasteiger partial charge in [0.2, 0.25) is 17.6 Å². The summed E-state index contributed by atoms with van der Waals surface area (Å²) in [5.74, 6) is -3.36. The van der Waals surface area contributed by atoms with E-state index < -0.39 is 65.1 Å². The average Bonchev–Trinajstić information content (AvgIpc) is 3.49. The van der Waals surface area contributed by atoms with Gasteiger partial charge in [-0.15, -0.1) is 6.58 Å². The van der Waals surface area contributed by atoms with Crippen LogP contribution in [0.15, 0.2) is 43.0 Å². The Hall–Kier alpha value is -4.22. The third-order valence-electron chi connectivity index (χ3n) is 8.52. The maximum atomic E-state index is 14.3. The number of likely N-dealkylation sites (tertiary alicyclic amines) is 1. The maximum absolute atomic E-state index is 14.3. The first-order valence-electron chi connectivity index (χ1n) is 16.8. The summed E-state index contributed by atoms with van der Waals surface area (Å²) in [6.07, 6.45) is 2.59. The number of benzene rings is 1. The molecule has 1 aliphatic heterocycles. The highest BCUT2D eigenvalue weighted by molar-refractivity contribution is 6.38. The lowest BCUT2D eigenvalue weighted by Gasteiger charge is -2.36. The minimum Gasteiger partial charge on any atom is -0.459 e. The summed E-state index contributed by atoms with van der Waals surface area (Å²) < 4.78 is 5.47. The van der Waals surface area contributed by atoms with E-state index in [1.165, 1.54) is 11.0 Å². The molecule has 0 saturated carbocycles. The zero-order valence-electron chi connectivity index (χ0n) is 29.8. The van der Waals surface area contributed by atoms with E-state index in [4.69, 9.17) is 4.74 Å². The van der Waals surface area contributed by atoms with Gasteiger partial charge < -0.3 is 30.9 Å². The first kappa shape index (κ1) is 40.0. The lowest BCUT2D eigenvalue weighted by molar-refractivity contribution is -0.148. The van der Waals surface area contributed by atoms with E-state index in [2.05, 4.69) is 27.8 Å². The molecule has 5 amide bonds. The topological polar surface area (TPSA) is 163 Å². The van der Waals surface area contributed by atoms with Crippen LogP contribution < -0.4 is 21.3 Å². The SMILES string of the molecule is C=CCNC(=O)C(=O)C(CCC)NC(=O)[C@@H]1CC(C(C)C)CN1C(=O)C(NC(=O)NC(C(=O)OCc1ccccc1)C(C)C)C(C)(C)C. The molecule has 1 aromatic rings. The fraction of sp³-hybridized carbons (Fsp3) is 0.611. The lowest BCUT2D eigenvalue weighted by Crippen LogP contribution is -2.61. The van der Waals surface area contributed by atoms with Crippen LogP contribution in [-0.2, 0) is 35.3 Å². The molecular weight excluding hydrogens is 614 g/mol. The Morgan fingerprint density at radius 1 is 1.00 bits per heavy atom. The summed E-state index contributed by atoms with van der Waals surface area (Å²) in [4.78, 5) is 81.1. The summed E-state index contributed by atoms with van der Waals surface area (Å²) in [5, 5.41) is 10.6. The summed E-state index contributed by atoms with van der Waals surface area (Å²) in [5.41, 5.74) is 0.0256. The molecule has 0 spiro atoms. The molecule has 5 atom stereocenters. The fourth-order valence-corrected chi connectivity index (χ4v) is 5.52. The Labute approximate surface area is 285 Å². The summed E-state index contributed by atoms with van der Waals surface area (Å²) in [6, 6.07) is 4.45. The smallest absolute Gasteiger partial charge is 0.329 e. The molecule has 0 aliphatic carbocycles. The molecule has 0 aromatic heterocycles. The van der Waals surface area contributed by atoms with Gasteiger partial charge in [0.1, 0.15) is 24.7 Å². The van der Waals surface area contributed by atoms with E-state index >= 15 is 0 Å². The number of carbonyl (C=O) groups excluding carboxylic acids is 6. The fourth-order valence-electron chi connectivity index (χ4n) is 5.52. The average molecular weight is 670 g/mol. The van der Waals surface area contributed by atoms with Gasteiger partial charge in [0.15, 0.2) is 0 Å². The molecule has 1 heterocycles. The Morgan fingerprint density at radius 3 is 2.19 bits per heavy atom. The molecule has 12 heteroatoms. The number of esters is 1. The molecule has 1 aromatic carbocycles. The van der Waals surface area contributed by atoms with Gasteiger partial charge in [-0.1, -0.05) is 98.2 Å². The van der Waals surface area contributed by atoms with Crippen LogP contribution in [0.25, 0.3) is 0 Å². The van der Waals surface area contributed by atoms with Gasteiger partial charge >= 0.3 is 12.0 Å². The van der Waals surface area contributed by atoms with E-state index in [1.807, 2.05) is 51.1 Å². The molecule has 0 bridgehead atoms. The Kier molecular flexibility index (Phi) is 15.3. The van der Waals surface area contributed by atoms with Gasteiger partial charge in [-0.25, -0.2) is 9.59 Å². The predicted octanol–water partition coefficient (Wildman–Crippen LogP) is 3.50. The van der Waals surface area contributed by atoms with Gasteiger partial charge in [-0.2, -0.15) is 0 Å². The van der Waals surface area contributed by atoms with Crippen LogP contribution in [0, 0.1) is 23.2 Å². The minimum absolute atomic E-state index is 0.0138. The van der Waals surface area contributed by atoms with Crippen molar-refractivity contribution in [3.63, 3.8) is 0 Å². The summed E-state index contributed by atoms with van der Waals surface area (Å²) in [7, 11) is 0. The van der Waals surface area contributed by atoms with E-state index in [0.29, 0.717) is 12.8 Å².